The molecule has 1 amide bonds. The number of rotatable bonds is 1. The fraction of sp³-hybridized carbons (Fsp3) is 0.833. The Hall–Kier alpha value is -0.570. The number of amides is 1. The van der Waals surface area contributed by atoms with Crippen molar-refractivity contribution in [2.24, 2.45) is 0 Å². The van der Waals surface area contributed by atoms with Gasteiger partial charge in [-0.05, 0) is 6.54 Å². The van der Waals surface area contributed by atoms with Gasteiger partial charge in [-0.1, -0.05) is 6.92 Å². The van der Waals surface area contributed by atoms with Crippen LogP contribution < -0.4 is 5.32 Å². The number of hydrogen-bond acceptors (Lipinski definition) is 2. The Bertz CT molecular complexity index is 114. The first-order chi connectivity index (χ1) is 4.33. The van der Waals surface area contributed by atoms with Crippen molar-refractivity contribution in [3.8, 4) is 0 Å². The highest BCUT2D eigenvalue weighted by Crippen LogP contribution is 1.91. The maximum Gasteiger partial charge on any atom is 0.255 e. The molecule has 1 aliphatic heterocycles. The number of likely N-dealkylation sites (N-methyl/N-ethyl adjacent to an activating group) is 1. The van der Waals surface area contributed by atoms with Crippen molar-refractivity contribution >= 4 is 5.91 Å². The predicted octanol–water partition coefficient (Wildman–Crippen LogP) is -0.547. The Kier molecular flexibility index (Phi) is 2.05. The van der Waals surface area contributed by atoms with Gasteiger partial charge in [0, 0.05) is 6.54 Å². The smallest absolute Gasteiger partial charge is 0.255 e. The van der Waals surface area contributed by atoms with Crippen molar-refractivity contribution in [2.75, 3.05) is 26.2 Å². The summed E-state index contributed by atoms with van der Waals surface area (Å²) in [5.74, 6) is 0.0306. The molecule has 3 heteroatoms. The van der Waals surface area contributed by atoms with E-state index in [9.17, 15) is 4.79 Å². The SMILES string of the molecule is CCN1CC[N]C(=O)C1. The van der Waals surface area contributed by atoms with Crippen molar-refractivity contribution < 1.29 is 4.79 Å². The van der Waals surface area contributed by atoms with Gasteiger partial charge in [0.15, 0.2) is 0 Å². The van der Waals surface area contributed by atoms with Crippen molar-refractivity contribution in [3.63, 3.8) is 0 Å². The second-order valence-electron chi connectivity index (χ2n) is 2.14. The zero-order valence-corrected chi connectivity index (χ0v) is 5.63. The fourth-order valence-corrected chi connectivity index (χ4v) is 0.906. The minimum Gasteiger partial charge on any atom is -0.293 e. The van der Waals surface area contributed by atoms with E-state index in [1.165, 1.54) is 0 Å². The second-order valence-corrected chi connectivity index (χ2v) is 2.14. The number of carbonyl (C=O) groups excluding carboxylic acids is 1. The van der Waals surface area contributed by atoms with Crippen LogP contribution in [0.15, 0.2) is 0 Å². The lowest BCUT2D eigenvalue weighted by Crippen LogP contribution is -2.43. The molecule has 0 bridgehead atoms. The van der Waals surface area contributed by atoms with Crippen LogP contribution in [0.25, 0.3) is 0 Å². The van der Waals surface area contributed by atoms with Crippen molar-refractivity contribution in [3.05, 3.63) is 0 Å². The lowest BCUT2D eigenvalue weighted by atomic mass is 10.3. The van der Waals surface area contributed by atoms with E-state index in [0.717, 1.165) is 13.1 Å². The molecule has 9 heavy (non-hydrogen) atoms. The molecular weight excluding hydrogens is 116 g/mol. The molecule has 1 aliphatic rings. The van der Waals surface area contributed by atoms with Crippen LogP contribution in [0, 0.1) is 0 Å². The third-order valence-corrected chi connectivity index (χ3v) is 1.51. The molecule has 0 unspecified atom stereocenters. The van der Waals surface area contributed by atoms with Crippen LogP contribution in [-0.2, 0) is 4.79 Å². The lowest BCUT2D eigenvalue weighted by molar-refractivity contribution is -0.124. The number of nitrogens with zero attached hydrogens (tertiary/aromatic N) is 2. The first-order valence-electron chi connectivity index (χ1n) is 3.25. The van der Waals surface area contributed by atoms with Crippen LogP contribution in [0.4, 0.5) is 0 Å². The normalized spacial score (nSPS) is 21.7. The van der Waals surface area contributed by atoms with Gasteiger partial charge in [-0.15, -0.1) is 0 Å². The maximum absolute atomic E-state index is 10.6. The summed E-state index contributed by atoms with van der Waals surface area (Å²) >= 11 is 0. The quantitative estimate of drug-likeness (QED) is 0.474. The average molecular weight is 127 g/mol. The molecule has 0 aliphatic carbocycles. The summed E-state index contributed by atoms with van der Waals surface area (Å²) in [5.41, 5.74) is 0. The first kappa shape index (κ1) is 6.55. The fourth-order valence-electron chi connectivity index (χ4n) is 0.906. The van der Waals surface area contributed by atoms with Gasteiger partial charge >= 0.3 is 0 Å². The number of carbonyl (C=O) groups is 1. The summed E-state index contributed by atoms with van der Waals surface area (Å²) in [7, 11) is 0. The predicted molar refractivity (Wildman–Crippen MR) is 34.1 cm³/mol. The Morgan fingerprint density at radius 2 is 2.56 bits per heavy atom. The summed E-state index contributed by atoms with van der Waals surface area (Å²) in [6, 6.07) is 0. The minimum absolute atomic E-state index is 0.0306. The van der Waals surface area contributed by atoms with E-state index in [-0.39, 0.29) is 5.91 Å². The van der Waals surface area contributed by atoms with Gasteiger partial charge < -0.3 is 0 Å². The molecule has 1 fully saturated rings. The first-order valence-corrected chi connectivity index (χ1v) is 3.25. The molecule has 51 valence electrons. The molecule has 0 saturated carbocycles. The molecule has 0 N–H and O–H groups in total. The lowest BCUT2D eigenvalue weighted by Gasteiger charge is -2.22. The molecule has 0 aromatic carbocycles. The van der Waals surface area contributed by atoms with Crippen molar-refractivity contribution in [1.29, 1.82) is 0 Å². The van der Waals surface area contributed by atoms with Crippen LogP contribution in [-0.4, -0.2) is 37.0 Å². The third-order valence-electron chi connectivity index (χ3n) is 1.51. The van der Waals surface area contributed by atoms with Crippen LogP contribution in [0.1, 0.15) is 6.92 Å². The minimum atomic E-state index is 0.0306. The topological polar surface area (TPSA) is 34.4 Å². The molecule has 0 atom stereocenters. The largest absolute Gasteiger partial charge is 0.293 e. The Labute approximate surface area is 55.0 Å². The van der Waals surface area contributed by atoms with Gasteiger partial charge in [0.1, 0.15) is 0 Å². The van der Waals surface area contributed by atoms with E-state index in [0.29, 0.717) is 13.1 Å². The van der Waals surface area contributed by atoms with Gasteiger partial charge in [0.25, 0.3) is 5.91 Å². The van der Waals surface area contributed by atoms with E-state index < -0.39 is 0 Å². The molecule has 0 spiro atoms. The second kappa shape index (κ2) is 2.82. The van der Waals surface area contributed by atoms with Gasteiger partial charge in [-0.25, -0.2) is 5.32 Å². The summed E-state index contributed by atoms with van der Waals surface area (Å²) in [5, 5.41) is 3.75. The van der Waals surface area contributed by atoms with Crippen LogP contribution in [0.3, 0.4) is 0 Å². The number of piperazine rings is 1. The average Bonchev–Trinajstić information content (AvgIpc) is 1.88. The zero-order valence-electron chi connectivity index (χ0n) is 5.63. The number of hydrogen-bond donors (Lipinski definition) is 0. The van der Waals surface area contributed by atoms with Crippen molar-refractivity contribution in [1.82, 2.24) is 10.2 Å². The highest BCUT2D eigenvalue weighted by atomic mass is 16.2. The standard InChI is InChI=1S/C6H11N2O/c1-2-8-4-3-7-6(9)5-8/h2-5H2,1H3. The zero-order chi connectivity index (χ0) is 6.69. The van der Waals surface area contributed by atoms with Crippen LogP contribution in [0.5, 0.6) is 0 Å². The van der Waals surface area contributed by atoms with Crippen molar-refractivity contribution in [2.45, 2.75) is 6.92 Å². The van der Waals surface area contributed by atoms with Crippen LogP contribution >= 0.6 is 0 Å². The summed E-state index contributed by atoms with van der Waals surface area (Å²) in [6.45, 7) is 5.17. The van der Waals surface area contributed by atoms with E-state index >= 15 is 0 Å². The highest BCUT2D eigenvalue weighted by Gasteiger charge is 2.14. The molecule has 0 aromatic heterocycles. The Balaban J connectivity index is 2.32. The highest BCUT2D eigenvalue weighted by molar-refractivity contribution is 5.78. The summed E-state index contributed by atoms with van der Waals surface area (Å²) < 4.78 is 0. The van der Waals surface area contributed by atoms with Gasteiger partial charge in [0.2, 0.25) is 0 Å². The van der Waals surface area contributed by atoms with E-state index in [2.05, 4.69) is 17.1 Å². The van der Waals surface area contributed by atoms with E-state index in [1.807, 2.05) is 0 Å². The maximum atomic E-state index is 10.6. The monoisotopic (exact) mass is 127 g/mol. The molecule has 0 aromatic rings. The molecule has 1 radical (unpaired) electrons. The van der Waals surface area contributed by atoms with Gasteiger partial charge in [-0.2, -0.15) is 0 Å². The Morgan fingerprint density at radius 3 is 3.00 bits per heavy atom. The molecule has 1 saturated heterocycles. The molecular formula is C6H11N2O. The van der Waals surface area contributed by atoms with E-state index in [1.54, 1.807) is 0 Å². The van der Waals surface area contributed by atoms with Gasteiger partial charge in [-0.3, -0.25) is 9.69 Å². The third kappa shape index (κ3) is 1.68. The van der Waals surface area contributed by atoms with Gasteiger partial charge in [0.05, 0.1) is 13.1 Å². The Morgan fingerprint density at radius 1 is 1.78 bits per heavy atom. The molecule has 1 rings (SSSR count). The molecule has 1 heterocycles. The van der Waals surface area contributed by atoms with Crippen LogP contribution in [0.2, 0.25) is 0 Å². The molecule has 3 nitrogen and oxygen atoms in total. The summed E-state index contributed by atoms with van der Waals surface area (Å²) in [6.07, 6.45) is 0. The summed E-state index contributed by atoms with van der Waals surface area (Å²) in [4.78, 5) is 12.7. The van der Waals surface area contributed by atoms with E-state index in [4.69, 9.17) is 0 Å².